The van der Waals surface area contributed by atoms with E-state index in [2.05, 4.69) is 5.16 Å². The second-order valence-electron chi connectivity index (χ2n) is 4.90. The number of oxime groups is 1. The van der Waals surface area contributed by atoms with Crippen LogP contribution in [0.2, 0.25) is 5.02 Å². The lowest BCUT2D eigenvalue weighted by Crippen LogP contribution is -2.39. The van der Waals surface area contributed by atoms with Crippen molar-refractivity contribution in [3.63, 3.8) is 0 Å². The van der Waals surface area contributed by atoms with Crippen LogP contribution in [-0.2, 0) is 0 Å². The summed E-state index contributed by atoms with van der Waals surface area (Å²) in [7, 11) is 0. The number of hydrogen-bond acceptors (Lipinski definition) is 3. The van der Waals surface area contributed by atoms with Gasteiger partial charge in [-0.05, 0) is 44.5 Å². The second-order valence-corrected chi connectivity index (χ2v) is 5.30. The van der Waals surface area contributed by atoms with Gasteiger partial charge in [0.25, 0.3) is 5.91 Å². The Labute approximate surface area is 124 Å². The maximum absolute atomic E-state index is 12.5. The molecule has 20 heavy (non-hydrogen) atoms. The molecule has 0 unspecified atom stereocenters. The predicted molar refractivity (Wildman–Crippen MR) is 80.4 cm³/mol. The van der Waals surface area contributed by atoms with Gasteiger partial charge in [0.15, 0.2) is 0 Å². The Morgan fingerprint density at radius 1 is 1.50 bits per heavy atom. The third-order valence-electron chi connectivity index (χ3n) is 3.03. The SMILES string of the molecule is Cc1cc(C(=O)N(CC/C(N)=N/O)C(C)C)ccc1Cl. The van der Waals surface area contributed by atoms with Gasteiger partial charge in [-0.25, -0.2) is 0 Å². The number of benzene rings is 1. The molecule has 0 aromatic heterocycles. The number of rotatable bonds is 5. The average molecular weight is 298 g/mol. The lowest BCUT2D eigenvalue weighted by atomic mass is 10.1. The number of hydrogen-bond donors (Lipinski definition) is 2. The van der Waals surface area contributed by atoms with Crippen molar-refractivity contribution in [2.24, 2.45) is 10.9 Å². The number of nitrogens with two attached hydrogens (primary N) is 1. The average Bonchev–Trinajstić information content (AvgIpc) is 2.41. The van der Waals surface area contributed by atoms with Crippen LogP contribution in [0.3, 0.4) is 0 Å². The molecule has 0 atom stereocenters. The van der Waals surface area contributed by atoms with Crippen molar-refractivity contribution in [1.29, 1.82) is 0 Å². The minimum atomic E-state index is -0.0921. The number of halogens is 1. The number of aryl methyl sites for hydroxylation is 1. The fourth-order valence-corrected chi connectivity index (χ4v) is 1.94. The van der Waals surface area contributed by atoms with Crippen molar-refractivity contribution in [2.75, 3.05) is 6.54 Å². The van der Waals surface area contributed by atoms with Gasteiger partial charge in [0.1, 0.15) is 5.84 Å². The number of amides is 1. The molecule has 0 heterocycles. The van der Waals surface area contributed by atoms with Crippen LogP contribution >= 0.6 is 11.6 Å². The van der Waals surface area contributed by atoms with E-state index in [0.717, 1.165) is 5.56 Å². The zero-order valence-electron chi connectivity index (χ0n) is 11.9. The standard InChI is InChI=1S/C14H20ClN3O2/c1-9(2)18(7-6-13(16)17-20)14(19)11-4-5-12(15)10(3)8-11/h4-5,8-9,20H,6-7H2,1-3H3,(H2,16,17). The van der Waals surface area contributed by atoms with Crippen molar-refractivity contribution in [2.45, 2.75) is 33.2 Å². The first-order chi connectivity index (χ1) is 9.36. The van der Waals surface area contributed by atoms with Gasteiger partial charge in [-0.15, -0.1) is 0 Å². The third-order valence-corrected chi connectivity index (χ3v) is 3.45. The minimum Gasteiger partial charge on any atom is -0.409 e. The monoisotopic (exact) mass is 297 g/mol. The molecule has 0 aliphatic carbocycles. The van der Waals surface area contributed by atoms with E-state index in [1.807, 2.05) is 20.8 Å². The van der Waals surface area contributed by atoms with Gasteiger partial charge < -0.3 is 15.8 Å². The van der Waals surface area contributed by atoms with Crippen molar-refractivity contribution in [3.05, 3.63) is 34.3 Å². The first kappa shape index (κ1) is 16.3. The van der Waals surface area contributed by atoms with Crippen molar-refractivity contribution in [3.8, 4) is 0 Å². The summed E-state index contributed by atoms with van der Waals surface area (Å²) in [6.45, 7) is 6.10. The van der Waals surface area contributed by atoms with E-state index >= 15 is 0 Å². The summed E-state index contributed by atoms with van der Waals surface area (Å²) in [6.07, 6.45) is 0.326. The summed E-state index contributed by atoms with van der Waals surface area (Å²) < 4.78 is 0. The molecule has 1 aromatic rings. The summed E-state index contributed by atoms with van der Waals surface area (Å²) in [6, 6.07) is 5.21. The van der Waals surface area contributed by atoms with E-state index in [0.29, 0.717) is 23.6 Å². The smallest absolute Gasteiger partial charge is 0.254 e. The molecule has 6 heteroatoms. The van der Waals surface area contributed by atoms with E-state index in [1.54, 1.807) is 23.1 Å². The molecule has 0 saturated heterocycles. The number of amidine groups is 1. The highest BCUT2D eigenvalue weighted by atomic mass is 35.5. The van der Waals surface area contributed by atoms with Crippen LogP contribution in [0.4, 0.5) is 0 Å². The summed E-state index contributed by atoms with van der Waals surface area (Å²) in [4.78, 5) is 14.2. The lowest BCUT2D eigenvalue weighted by molar-refractivity contribution is 0.0711. The minimum absolute atomic E-state index is 0.0185. The topological polar surface area (TPSA) is 78.9 Å². The van der Waals surface area contributed by atoms with E-state index in [1.165, 1.54) is 0 Å². The highest BCUT2D eigenvalue weighted by molar-refractivity contribution is 6.31. The fraction of sp³-hybridized carbons (Fsp3) is 0.429. The molecule has 1 amide bonds. The first-order valence-electron chi connectivity index (χ1n) is 6.40. The molecule has 0 bridgehead atoms. The van der Waals surface area contributed by atoms with Gasteiger partial charge in [0.2, 0.25) is 0 Å². The Balaban J connectivity index is 2.90. The molecule has 0 aliphatic heterocycles. The molecule has 0 fully saturated rings. The zero-order chi connectivity index (χ0) is 15.3. The molecule has 0 spiro atoms. The van der Waals surface area contributed by atoms with Crippen molar-refractivity contribution >= 4 is 23.3 Å². The summed E-state index contributed by atoms with van der Waals surface area (Å²) in [5, 5.41) is 12.1. The van der Waals surface area contributed by atoms with E-state index < -0.39 is 0 Å². The molecule has 1 rings (SSSR count). The van der Waals surface area contributed by atoms with Gasteiger partial charge in [0, 0.05) is 29.6 Å². The fourth-order valence-electron chi connectivity index (χ4n) is 1.82. The van der Waals surface area contributed by atoms with E-state index in [-0.39, 0.29) is 17.8 Å². The summed E-state index contributed by atoms with van der Waals surface area (Å²) >= 11 is 5.96. The van der Waals surface area contributed by atoms with Gasteiger partial charge in [0.05, 0.1) is 0 Å². The molecule has 3 N–H and O–H groups in total. The molecule has 0 radical (unpaired) electrons. The van der Waals surface area contributed by atoms with Crippen LogP contribution in [0.15, 0.2) is 23.4 Å². The van der Waals surface area contributed by atoms with Crippen LogP contribution in [0.25, 0.3) is 0 Å². The van der Waals surface area contributed by atoms with E-state index in [9.17, 15) is 4.79 Å². The Bertz CT molecular complexity index is 515. The molecule has 0 saturated carbocycles. The van der Waals surface area contributed by atoms with Crippen molar-refractivity contribution < 1.29 is 10.0 Å². The molecule has 0 aliphatic rings. The highest BCUT2D eigenvalue weighted by Gasteiger charge is 2.19. The van der Waals surface area contributed by atoms with Gasteiger partial charge in [-0.2, -0.15) is 0 Å². The quantitative estimate of drug-likeness (QED) is 0.379. The molecule has 1 aromatic carbocycles. The number of carbonyl (C=O) groups excluding carboxylic acids is 1. The van der Waals surface area contributed by atoms with Gasteiger partial charge in [-0.3, -0.25) is 4.79 Å². The second kappa shape index (κ2) is 7.14. The van der Waals surface area contributed by atoms with Crippen molar-refractivity contribution in [1.82, 2.24) is 4.90 Å². The zero-order valence-corrected chi connectivity index (χ0v) is 12.7. The van der Waals surface area contributed by atoms with E-state index in [4.69, 9.17) is 22.5 Å². The molecular weight excluding hydrogens is 278 g/mol. The number of nitrogens with zero attached hydrogens (tertiary/aromatic N) is 2. The number of carbonyl (C=O) groups is 1. The highest BCUT2D eigenvalue weighted by Crippen LogP contribution is 2.18. The predicted octanol–water partition coefficient (Wildman–Crippen LogP) is 2.64. The Kier molecular flexibility index (Phi) is 5.82. The van der Waals surface area contributed by atoms with Gasteiger partial charge in [-0.1, -0.05) is 16.8 Å². The maximum atomic E-state index is 12.5. The largest absolute Gasteiger partial charge is 0.409 e. The Morgan fingerprint density at radius 3 is 2.65 bits per heavy atom. The van der Waals surface area contributed by atoms with Crippen LogP contribution in [0.1, 0.15) is 36.2 Å². The van der Waals surface area contributed by atoms with Gasteiger partial charge >= 0.3 is 0 Å². The molecule has 5 nitrogen and oxygen atoms in total. The van der Waals surface area contributed by atoms with Crippen LogP contribution < -0.4 is 5.73 Å². The maximum Gasteiger partial charge on any atom is 0.254 e. The summed E-state index contributed by atoms with van der Waals surface area (Å²) in [5.41, 5.74) is 6.89. The molecular formula is C14H20ClN3O2. The Morgan fingerprint density at radius 2 is 2.15 bits per heavy atom. The first-order valence-corrected chi connectivity index (χ1v) is 6.78. The van der Waals surface area contributed by atoms with Crippen LogP contribution in [-0.4, -0.2) is 34.4 Å². The third kappa shape index (κ3) is 4.13. The summed E-state index contributed by atoms with van der Waals surface area (Å²) in [5.74, 6) is 0.0150. The normalized spacial score (nSPS) is 11.8. The van der Waals surface area contributed by atoms with Crippen LogP contribution in [0, 0.1) is 6.92 Å². The lowest BCUT2D eigenvalue weighted by Gasteiger charge is -2.27. The van der Waals surface area contributed by atoms with Crippen LogP contribution in [0.5, 0.6) is 0 Å². The molecule has 110 valence electrons. The Hall–Kier alpha value is -1.75.